The van der Waals surface area contributed by atoms with Crippen LogP contribution in [0, 0.1) is 0 Å². The second kappa shape index (κ2) is 15.6. The van der Waals surface area contributed by atoms with Crippen LogP contribution in [0.15, 0.2) is 24.4 Å². The molecule has 0 radical (unpaired) electrons. The highest BCUT2D eigenvalue weighted by molar-refractivity contribution is 5.76. The number of nitrogens with one attached hydrogen (secondary N) is 2. The lowest BCUT2D eigenvalue weighted by Gasteiger charge is -2.35. The average Bonchev–Trinajstić information content (AvgIpc) is 2.94. The fourth-order valence-electron chi connectivity index (χ4n) is 5.22. The number of nitrogens with zero attached hydrogens (tertiary/aromatic N) is 5. The Kier molecular flexibility index (Phi) is 12.5. The number of halogens is 2. The first-order valence-electron chi connectivity index (χ1n) is 15.7. The maximum absolute atomic E-state index is 14.5. The van der Waals surface area contributed by atoms with Crippen molar-refractivity contribution >= 4 is 29.0 Å². The molecule has 3 N–H and O–H groups in total. The third-order valence-electron chi connectivity index (χ3n) is 7.78. The molecule has 1 aromatic carbocycles. The number of aromatic nitrogens is 2. The number of piperazine rings is 1. The van der Waals surface area contributed by atoms with Gasteiger partial charge in [0.2, 0.25) is 11.9 Å². The molecule has 1 amide bonds. The maximum Gasteiger partial charge on any atom is 0.275 e. The minimum Gasteiger partial charge on any atom is -0.386 e. The molecule has 9 nitrogen and oxygen atoms in total. The zero-order valence-corrected chi connectivity index (χ0v) is 26.8. The number of benzene rings is 1. The van der Waals surface area contributed by atoms with E-state index in [1.807, 2.05) is 30.0 Å². The molecule has 0 unspecified atom stereocenters. The minimum atomic E-state index is -3.15. The van der Waals surface area contributed by atoms with E-state index in [1.54, 1.807) is 13.8 Å². The van der Waals surface area contributed by atoms with E-state index in [2.05, 4.69) is 44.4 Å². The number of carbonyl (C=O) groups is 1. The second-order valence-electron chi connectivity index (χ2n) is 12.2. The van der Waals surface area contributed by atoms with Crippen molar-refractivity contribution in [1.29, 1.82) is 0 Å². The van der Waals surface area contributed by atoms with Crippen LogP contribution >= 0.6 is 0 Å². The van der Waals surface area contributed by atoms with Crippen molar-refractivity contribution < 1.29 is 18.7 Å². The van der Waals surface area contributed by atoms with Gasteiger partial charge in [0.05, 0.1) is 11.2 Å². The van der Waals surface area contributed by atoms with Crippen LogP contribution in [0.4, 0.5) is 31.9 Å². The van der Waals surface area contributed by atoms with Crippen molar-refractivity contribution in [2.45, 2.75) is 84.7 Å². The van der Waals surface area contributed by atoms with Crippen molar-refractivity contribution in [1.82, 2.24) is 19.8 Å². The number of amides is 1. The van der Waals surface area contributed by atoms with Crippen LogP contribution in [-0.2, 0) is 16.3 Å². The van der Waals surface area contributed by atoms with E-state index in [0.717, 1.165) is 70.7 Å². The van der Waals surface area contributed by atoms with E-state index < -0.39 is 11.5 Å². The smallest absolute Gasteiger partial charge is 0.275 e. The third-order valence-corrected chi connectivity index (χ3v) is 7.78. The number of rotatable bonds is 16. The predicted octanol–water partition coefficient (Wildman–Crippen LogP) is 5.93. The first-order chi connectivity index (χ1) is 20.3. The maximum atomic E-state index is 14.5. The Hall–Kier alpha value is -3.05. The summed E-state index contributed by atoms with van der Waals surface area (Å²) in [7, 11) is 2.10. The largest absolute Gasteiger partial charge is 0.386 e. The first kappa shape index (κ1) is 34.4. The summed E-state index contributed by atoms with van der Waals surface area (Å²) in [4.78, 5) is 27.7. The van der Waals surface area contributed by atoms with Gasteiger partial charge in [-0.25, -0.2) is 13.8 Å². The van der Waals surface area contributed by atoms with Gasteiger partial charge in [-0.15, -0.1) is 0 Å². The van der Waals surface area contributed by atoms with E-state index in [-0.39, 0.29) is 23.2 Å². The Morgan fingerprint density at radius 2 is 1.74 bits per heavy atom. The quantitative estimate of drug-likeness (QED) is 0.203. The second-order valence-corrected chi connectivity index (χ2v) is 12.2. The van der Waals surface area contributed by atoms with Crippen LogP contribution in [0.25, 0.3) is 0 Å². The number of carbonyl (C=O) groups excluding carboxylic acids is 1. The van der Waals surface area contributed by atoms with E-state index >= 15 is 0 Å². The molecule has 43 heavy (non-hydrogen) atoms. The van der Waals surface area contributed by atoms with Crippen LogP contribution < -0.4 is 15.5 Å². The van der Waals surface area contributed by atoms with Crippen LogP contribution in [-0.4, -0.2) is 83.6 Å². The molecule has 0 spiro atoms. The van der Waals surface area contributed by atoms with Crippen LogP contribution in [0.2, 0.25) is 0 Å². The first-order valence-corrected chi connectivity index (χ1v) is 15.7. The van der Waals surface area contributed by atoms with Gasteiger partial charge in [0.15, 0.2) is 0 Å². The number of hydrogen-bond donors (Lipinski definition) is 3. The molecule has 0 bridgehead atoms. The van der Waals surface area contributed by atoms with Crippen LogP contribution in [0.1, 0.15) is 84.3 Å². The fraction of sp³-hybridized carbons (Fsp3) is 0.656. The Morgan fingerprint density at radius 1 is 1.02 bits per heavy atom. The molecule has 1 aromatic heterocycles. The van der Waals surface area contributed by atoms with Crippen molar-refractivity contribution in [2.24, 2.45) is 0 Å². The number of anilines is 4. The van der Waals surface area contributed by atoms with Gasteiger partial charge in [0, 0.05) is 82.3 Å². The van der Waals surface area contributed by atoms with Gasteiger partial charge in [0.25, 0.3) is 5.92 Å². The molecule has 1 saturated heterocycles. The molecule has 11 heteroatoms. The molecule has 0 saturated carbocycles. The van der Waals surface area contributed by atoms with Gasteiger partial charge < -0.3 is 30.4 Å². The summed E-state index contributed by atoms with van der Waals surface area (Å²) >= 11 is 0. The number of unbranched alkanes of at least 4 members (excludes halogenated alkanes) is 2. The molecular weight excluding hydrogens is 552 g/mol. The Morgan fingerprint density at radius 3 is 2.37 bits per heavy atom. The summed E-state index contributed by atoms with van der Waals surface area (Å²) in [6, 6.07) is 5.83. The summed E-state index contributed by atoms with van der Waals surface area (Å²) in [6.07, 6.45) is 6.11. The van der Waals surface area contributed by atoms with E-state index in [9.17, 15) is 18.7 Å². The number of aliphatic hydroxyl groups is 1. The fourth-order valence-corrected chi connectivity index (χ4v) is 5.22. The van der Waals surface area contributed by atoms with Gasteiger partial charge in [-0.1, -0.05) is 26.7 Å². The highest BCUT2D eigenvalue weighted by atomic mass is 19.3. The third kappa shape index (κ3) is 10.3. The number of alkyl halides is 2. The van der Waals surface area contributed by atoms with Crippen molar-refractivity contribution in [3.05, 3.63) is 35.5 Å². The van der Waals surface area contributed by atoms with E-state index in [1.165, 1.54) is 0 Å². The minimum absolute atomic E-state index is 0.0418. The topological polar surface area (TPSA) is 96.9 Å². The molecule has 1 fully saturated rings. The van der Waals surface area contributed by atoms with E-state index in [4.69, 9.17) is 0 Å². The predicted molar refractivity (Wildman–Crippen MR) is 170 cm³/mol. The molecule has 2 aromatic rings. The molecule has 1 aliphatic rings. The standard InChI is InChI=1S/C32H51F2N7O2/c1-7-9-10-12-28(42)41(16-8-2)17-11-15-35-29-26(32(5,33)34)23-36-30(38-29)37-27-14-13-24(22-25(27)31(3,4)43)40-20-18-39(6)19-21-40/h13-14,22-23,43H,7-12,15-21H2,1-6H3,(H2,35,36,37,38). The zero-order chi connectivity index (χ0) is 31.6. The van der Waals surface area contributed by atoms with Crippen molar-refractivity contribution in [3.8, 4) is 0 Å². The number of likely N-dealkylation sites (N-methyl/N-ethyl adjacent to an activating group) is 1. The van der Waals surface area contributed by atoms with Crippen LogP contribution in [0.5, 0.6) is 0 Å². The molecule has 240 valence electrons. The zero-order valence-electron chi connectivity index (χ0n) is 26.8. The Bertz CT molecular complexity index is 1180. The summed E-state index contributed by atoms with van der Waals surface area (Å²) < 4.78 is 29.0. The summed E-state index contributed by atoms with van der Waals surface area (Å²) in [6.45, 7) is 13.7. The van der Waals surface area contributed by atoms with Gasteiger partial charge in [0.1, 0.15) is 5.82 Å². The molecule has 3 rings (SSSR count). The van der Waals surface area contributed by atoms with Crippen LogP contribution in [0.3, 0.4) is 0 Å². The van der Waals surface area contributed by atoms with Gasteiger partial charge in [-0.2, -0.15) is 4.98 Å². The van der Waals surface area contributed by atoms with Gasteiger partial charge in [-0.05, 0) is 58.4 Å². The highest BCUT2D eigenvalue weighted by Crippen LogP contribution is 2.35. The van der Waals surface area contributed by atoms with Crippen molar-refractivity contribution in [3.63, 3.8) is 0 Å². The Labute approximate surface area is 256 Å². The molecule has 1 aliphatic heterocycles. The lowest BCUT2D eigenvalue weighted by molar-refractivity contribution is -0.131. The monoisotopic (exact) mass is 603 g/mol. The highest BCUT2D eigenvalue weighted by Gasteiger charge is 2.30. The summed E-state index contributed by atoms with van der Waals surface area (Å²) in [5.41, 5.74) is 0.810. The molecule has 0 atom stereocenters. The molecule has 0 aliphatic carbocycles. The Balaban J connectivity index is 1.75. The molecular formula is C32H51F2N7O2. The SMILES string of the molecule is CCCCCC(=O)N(CCC)CCCNc1nc(Nc2ccc(N3CCN(C)CC3)cc2C(C)(C)O)ncc1C(C)(F)F. The lowest BCUT2D eigenvalue weighted by Crippen LogP contribution is -2.44. The summed E-state index contributed by atoms with van der Waals surface area (Å²) in [5, 5.41) is 17.2. The van der Waals surface area contributed by atoms with E-state index in [0.29, 0.717) is 43.7 Å². The van der Waals surface area contributed by atoms with Gasteiger partial charge in [-0.3, -0.25) is 4.79 Å². The lowest BCUT2D eigenvalue weighted by atomic mass is 9.95. The summed E-state index contributed by atoms with van der Waals surface area (Å²) in [5.74, 6) is -2.81. The number of hydrogen-bond acceptors (Lipinski definition) is 8. The van der Waals surface area contributed by atoms with Gasteiger partial charge >= 0.3 is 0 Å². The van der Waals surface area contributed by atoms with Crippen molar-refractivity contribution in [2.75, 3.05) is 68.4 Å². The molecule has 2 heterocycles. The average molecular weight is 604 g/mol. The normalized spacial score (nSPS) is 14.6.